The zero-order valence-electron chi connectivity index (χ0n) is 20.9. The van der Waals surface area contributed by atoms with Gasteiger partial charge in [0.25, 0.3) is 0 Å². The molecule has 2 aromatic carbocycles. The van der Waals surface area contributed by atoms with Crippen molar-refractivity contribution in [1.82, 2.24) is 14.9 Å². The van der Waals surface area contributed by atoms with Crippen molar-refractivity contribution in [3.8, 4) is 11.3 Å². The van der Waals surface area contributed by atoms with E-state index in [0.717, 1.165) is 85.5 Å². The Labute approximate surface area is 219 Å². The van der Waals surface area contributed by atoms with E-state index in [2.05, 4.69) is 88.9 Å². The Kier molecular flexibility index (Phi) is 7.99. The van der Waals surface area contributed by atoms with Crippen LogP contribution >= 0.6 is 11.8 Å². The number of benzene rings is 2. The van der Waals surface area contributed by atoms with E-state index in [1.165, 1.54) is 5.56 Å². The number of halogens is 1. The van der Waals surface area contributed by atoms with Gasteiger partial charge in [-0.15, -0.1) is 0 Å². The lowest BCUT2D eigenvalue weighted by Crippen LogP contribution is -2.38. The van der Waals surface area contributed by atoms with Crippen LogP contribution < -0.4 is 9.74 Å². The molecular weight excluding hydrogens is 466 g/mol. The summed E-state index contributed by atoms with van der Waals surface area (Å²) in [4.78, 5) is 12.2. The van der Waals surface area contributed by atoms with E-state index in [9.17, 15) is 0 Å². The maximum absolute atomic E-state index is 6.44. The number of nitrogens with zero attached hydrogens (tertiary/aromatic N) is 4. The first-order valence-corrected chi connectivity index (χ1v) is 13.4. The first-order chi connectivity index (χ1) is 17.7. The van der Waals surface area contributed by atoms with Crippen LogP contribution in [-0.2, 0) is 6.54 Å². The first-order valence-electron chi connectivity index (χ1n) is 13.0. The van der Waals surface area contributed by atoms with Gasteiger partial charge in [0.15, 0.2) is 0 Å². The fourth-order valence-electron chi connectivity index (χ4n) is 4.82. The third kappa shape index (κ3) is 5.97. The summed E-state index contributed by atoms with van der Waals surface area (Å²) in [6.45, 7) is 6.19. The second-order valence-corrected chi connectivity index (χ2v) is 10.0. The van der Waals surface area contributed by atoms with Crippen LogP contribution in [0.4, 0.5) is 11.5 Å². The molecule has 6 heteroatoms. The number of fused-ring (bicyclic) bond motifs is 1. The van der Waals surface area contributed by atoms with Crippen LogP contribution in [0.1, 0.15) is 38.2 Å². The molecule has 0 radical (unpaired) electrons. The molecule has 5 rings (SSSR count). The minimum absolute atomic E-state index is 0.397. The Balaban J connectivity index is 1.31. The van der Waals surface area contributed by atoms with Crippen LogP contribution in [0.5, 0.6) is 0 Å². The lowest BCUT2D eigenvalue weighted by atomic mass is 10.0. The second kappa shape index (κ2) is 11.7. The van der Waals surface area contributed by atoms with Crippen LogP contribution in [-0.4, -0.2) is 40.5 Å². The predicted molar refractivity (Wildman–Crippen MR) is 151 cm³/mol. The highest BCUT2D eigenvalue weighted by molar-refractivity contribution is 6.25. The third-order valence-corrected chi connectivity index (χ3v) is 7.29. The Morgan fingerprint density at radius 2 is 1.78 bits per heavy atom. The number of anilines is 2. The van der Waals surface area contributed by atoms with Crippen molar-refractivity contribution in [2.24, 2.45) is 0 Å². The Morgan fingerprint density at radius 3 is 2.53 bits per heavy atom. The lowest BCUT2D eigenvalue weighted by molar-refractivity contribution is 0.211. The van der Waals surface area contributed by atoms with E-state index in [1.54, 1.807) is 4.42 Å². The van der Waals surface area contributed by atoms with Crippen molar-refractivity contribution in [3.05, 3.63) is 84.6 Å². The first kappa shape index (κ1) is 24.5. The number of aromatic nitrogens is 2. The molecule has 2 aromatic heterocycles. The molecule has 36 heavy (non-hydrogen) atoms. The summed E-state index contributed by atoms with van der Waals surface area (Å²) in [5.41, 5.74) is 5.33. The molecule has 1 aliphatic heterocycles. The number of piperidine rings is 1. The van der Waals surface area contributed by atoms with Gasteiger partial charge in [-0.05, 0) is 55.2 Å². The summed E-state index contributed by atoms with van der Waals surface area (Å²) < 4.78 is 1.79. The molecule has 1 fully saturated rings. The summed E-state index contributed by atoms with van der Waals surface area (Å²) in [6.07, 6.45) is 6.23. The van der Waals surface area contributed by atoms with Gasteiger partial charge >= 0.3 is 0 Å². The van der Waals surface area contributed by atoms with Crippen molar-refractivity contribution in [2.75, 3.05) is 29.4 Å². The summed E-state index contributed by atoms with van der Waals surface area (Å²) in [7, 11) is 0. The number of hydrogen-bond donors (Lipinski definition) is 1. The van der Waals surface area contributed by atoms with E-state index < -0.39 is 0 Å². The van der Waals surface area contributed by atoms with Gasteiger partial charge in [0.2, 0.25) is 0 Å². The van der Waals surface area contributed by atoms with Gasteiger partial charge in [-0.3, -0.25) is 14.3 Å². The standard InChI is InChI=1S/C30H34ClN5/c1-2-3-18-36(31)26-13-11-24(12-14-26)28-21-29-27(10-7-17-32-29)30(34-28)33-25-15-19-35(20-16-25)22-23-8-5-4-6-9-23/h4-14,17,21,25H,2-3,15-16,18-20,22H2,1H3,(H,33,34). The fourth-order valence-corrected chi connectivity index (χ4v) is 5.06. The van der Waals surface area contributed by atoms with Crippen molar-refractivity contribution in [1.29, 1.82) is 0 Å². The number of unbranched alkanes of at least 4 members (excludes halogenated alkanes) is 1. The molecule has 4 aromatic rings. The highest BCUT2D eigenvalue weighted by atomic mass is 35.5. The normalized spacial score (nSPS) is 14.7. The van der Waals surface area contributed by atoms with Crippen molar-refractivity contribution < 1.29 is 0 Å². The smallest absolute Gasteiger partial charge is 0.136 e. The molecule has 1 saturated heterocycles. The monoisotopic (exact) mass is 499 g/mol. The maximum atomic E-state index is 6.44. The van der Waals surface area contributed by atoms with Gasteiger partial charge in [0.1, 0.15) is 5.82 Å². The van der Waals surface area contributed by atoms with Crippen LogP contribution in [0.15, 0.2) is 79.0 Å². The molecule has 0 saturated carbocycles. The highest BCUT2D eigenvalue weighted by Crippen LogP contribution is 2.30. The second-order valence-electron chi connectivity index (χ2n) is 9.59. The molecule has 0 bridgehead atoms. The quantitative estimate of drug-likeness (QED) is 0.248. The van der Waals surface area contributed by atoms with Gasteiger partial charge in [-0.25, -0.2) is 4.98 Å². The van der Waals surface area contributed by atoms with Gasteiger partial charge < -0.3 is 5.32 Å². The summed E-state index contributed by atoms with van der Waals surface area (Å²) >= 11 is 6.44. The van der Waals surface area contributed by atoms with E-state index in [1.807, 2.05) is 12.3 Å². The van der Waals surface area contributed by atoms with Crippen LogP contribution in [0, 0.1) is 0 Å². The van der Waals surface area contributed by atoms with Crippen molar-refractivity contribution in [2.45, 2.75) is 45.2 Å². The molecule has 3 heterocycles. The Hall–Kier alpha value is -3.15. The molecule has 0 atom stereocenters. The zero-order valence-corrected chi connectivity index (χ0v) is 21.7. The number of hydrogen-bond acceptors (Lipinski definition) is 5. The number of pyridine rings is 2. The number of nitrogens with one attached hydrogen (secondary N) is 1. The van der Waals surface area contributed by atoms with Crippen molar-refractivity contribution >= 4 is 34.2 Å². The zero-order chi connectivity index (χ0) is 24.7. The van der Waals surface area contributed by atoms with E-state index in [-0.39, 0.29) is 0 Å². The van der Waals surface area contributed by atoms with E-state index in [0.29, 0.717) is 6.04 Å². The topological polar surface area (TPSA) is 44.3 Å². The largest absolute Gasteiger partial charge is 0.367 e. The highest BCUT2D eigenvalue weighted by Gasteiger charge is 2.21. The predicted octanol–water partition coefficient (Wildman–Crippen LogP) is 7.13. The van der Waals surface area contributed by atoms with Gasteiger partial charge in [0, 0.05) is 61.1 Å². The summed E-state index contributed by atoms with van der Waals surface area (Å²) in [5.74, 6) is 0.920. The number of rotatable bonds is 9. The Morgan fingerprint density at radius 1 is 1.00 bits per heavy atom. The van der Waals surface area contributed by atoms with Crippen LogP contribution in [0.2, 0.25) is 0 Å². The average molecular weight is 500 g/mol. The van der Waals surface area contributed by atoms with Crippen molar-refractivity contribution in [3.63, 3.8) is 0 Å². The number of likely N-dealkylation sites (tertiary alicyclic amines) is 1. The van der Waals surface area contributed by atoms with E-state index >= 15 is 0 Å². The third-order valence-electron chi connectivity index (χ3n) is 6.93. The van der Waals surface area contributed by atoms with Gasteiger partial charge in [-0.1, -0.05) is 55.8 Å². The molecule has 0 unspecified atom stereocenters. The minimum atomic E-state index is 0.397. The molecule has 0 spiro atoms. The van der Waals surface area contributed by atoms with Crippen LogP contribution in [0.3, 0.4) is 0 Å². The average Bonchev–Trinajstić information content (AvgIpc) is 2.93. The molecule has 1 aliphatic rings. The molecule has 0 amide bonds. The summed E-state index contributed by atoms with van der Waals surface area (Å²) in [5, 5.41) is 4.83. The molecule has 0 aliphatic carbocycles. The molecule has 5 nitrogen and oxygen atoms in total. The maximum Gasteiger partial charge on any atom is 0.136 e. The van der Waals surface area contributed by atoms with Gasteiger partial charge in [-0.2, -0.15) is 0 Å². The van der Waals surface area contributed by atoms with E-state index in [4.69, 9.17) is 16.8 Å². The van der Waals surface area contributed by atoms with Gasteiger partial charge in [0.05, 0.1) is 16.9 Å². The fraction of sp³-hybridized carbons (Fsp3) is 0.333. The minimum Gasteiger partial charge on any atom is -0.367 e. The molecule has 186 valence electrons. The molecular formula is C30H34ClN5. The lowest BCUT2D eigenvalue weighted by Gasteiger charge is -2.33. The SMILES string of the molecule is CCCCN(Cl)c1ccc(-c2cc3ncccc3c(NC3CCN(Cc4ccccc4)CC3)n2)cc1. The van der Waals surface area contributed by atoms with Crippen LogP contribution in [0.25, 0.3) is 22.2 Å². The Bertz CT molecular complexity index is 1250. The summed E-state index contributed by atoms with van der Waals surface area (Å²) in [6, 6.07) is 25.6. The molecule has 1 N–H and O–H groups in total.